The molecular formula is C15H20O4. The Morgan fingerprint density at radius 2 is 2.26 bits per heavy atom. The van der Waals surface area contributed by atoms with Crippen molar-refractivity contribution >= 4 is 0 Å². The zero-order valence-electron chi connectivity index (χ0n) is 11.4. The lowest BCUT2D eigenvalue weighted by atomic mass is 10.1. The largest absolute Gasteiger partial charge is 0.491 e. The molecule has 3 rings (SSSR count). The van der Waals surface area contributed by atoms with Crippen molar-refractivity contribution < 1.29 is 19.3 Å². The molecule has 0 bridgehead atoms. The van der Waals surface area contributed by atoms with E-state index in [9.17, 15) is 5.11 Å². The van der Waals surface area contributed by atoms with E-state index in [1.807, 2.05) is 18.2 Å². The van der Waals surface area contributed by atoms with Gasteiger partial charge >= 0.3 is 0 Å². The van der Waals surface area contributed by atoms with Gasteiger partial charge in [-0.25, -0.2) is 0 Å². The van der Waals surface area contributed by atoms with E-state index in [1.165, 1.54) is 0 Å². The zero-order chi connectivity index (χ0) is 13.5. The summed E-state index contributed by atoms with van der Waals surface area (Å²) in [6.07, 6.45) is 1.76. The highest BCUT2D eigenvalue weighted by Gasteiger charge is 2.32. The molecule has 2 atom stereocenters. The fourth-order valence-corrected chi connectivity index (χ4v) is 2.65. The van der Waals surface area contributed by atoms with Crippen molar-refractivity contribution in [1.29, 1.82) is 0 Å². The maximum atomic E-state index is 9.65. The molecule has 0 radical (unpaired) electrons. The van der Waals surface area contributed by atoms with Gasteiger partial charge < -0.3 is 19.3 Å². The monoisotopic (exact) mass is 264 g/mol. The van der Waals surface area contributed by atoms with Gasteiger partial charge in [-0.2, -0.15) is 0 Å². The van der Waals surface area contributed by atoms with E-state index < -0.39 is 6.10 Å². The maximum Gasteiger partial charge on any atom is 0.129 e. The highest BCUT2D eigenvalue weighted by Crippen LogP contribution is 2.35. The highest BCUT2D eigenvalue weighted by atomic mass is 16.6. The molecule has 1 saturated heterocycles. The summed E-state index contributed by atoms with van der Waals surface area (Å²) < 4.78 is 17.0. The number of hydrogen-bond acceptors (Lipinski definition) is 4. The molecule has 1 fully saturated rings. The van der Waals surface area contributed by atoms with E-state index in [-0.39, 0.29) is 11.7 Å². The van der Waals surface area contributed by atoms with Gasteiger partial charge in [0.05, 0.1) is 11.7 Å². The van der Waals surface area contributed by atoms with E-state index in [2.05, 4.69) is 13.8 Å². The summed E-state index contributed by atoms with van der Waals surface area (Å²) in [6.45, 7) is 5.11. The van der Waals surface area contributed by atoms with E-state index >= 15 is 0 Å². The Balaban J connectivity index is 1.59. The molecule has 0 spiro atoms. The SMILES string of the molecule is CC1(C)CCC(COc2ccc3c(c2)OCC3O)O1. The molecular weight excluding hydrogens is 244 g/mol. The van der Waals surface area contributed by atoms with Crippen molar-refractivity contribution in [2.24, 2.45) is 0 Å². The lowest BCUT2D eigenvalue weighted by Crippen LogP contribution is -2.23. The molecule has 2 aliphatic rings. The quantitative estimate of drug-likeness (QED) is 0.911. The van der Waals surface area contributed by atoms with Gasteiger partial charge in [0.1, 0.15) is 30.8 Å². The van der Waals surface area contributed by atoms with Gasteiger partial charge in [0.25, 0.3) is 0 Å². The van der Waals surface area contributed by atoms with E-state index in [0.717, 1.165) is 29.9 Å². The van der Waals surface area contributed by atoms with Gasteiger partial charge in [-0.15, -0.1) is 0 Å². The van der Waals surface area contributed by atoms with Crippen LogP contribution in [0.1, 0.15) is 38.4 Å². The Labute approximate surface area is 113 Å². The second-order valence-corrected chi connectivity index (χ2v) is 5.88. The summed E-state index contributed by atoms with van der Waals surface area (Å²) >= 11 is 0. The molecule has 19 heavy (non-hydrogen) atoms. The molecule has 104 valence electrons. The van der Waals surface area contributed by atoms with Crippen molar-refractivity contribution in [3.63, 3.8) is 0 Å². The van der Waals surface area contributed by atoms with Crippen LogP contribution in [0.5, 0.6) is 11.5 Å². The smallest absolute Gasteiger partial charge is 0.129 e. The minimum absolute atomic E-state index is 0.0286. The van der Waals surface area contributed by atoms with Gasteiger partial charge in [0, 0.05) is 11.6 Å². The summed E-state index contributed by atoms with van der Waals surface area (Å²) in [4.78, 5) is 0. The Morgan fingerprint density at radius 3 is 3.00 bits per heavy atom. The van der Waals surface area contributed by atoms with Crippen LogP contribution >= 0.6 is 0 Å². The van der Waals surface area contributed by atoms with Crippen LogP contribution in [-0.4, -0.2) is 30.0 Å². The standard InChI is InChI=1S/C15H20O4/c1-15(2)6-5-11(19-15)8-17-10-3-4-12-13(16)9-18-14(12)7-10/h3-4,7,11,13,16H,5-6,8-9H2,1-2H3. The molecule has 0 aliphatic carbocycles. The predicted octanol–water partition coefficient (Wildman–Crippen LogP) is 2.45. The molecule has 4 heteroatoms. The Morgan fingerprint density at radius 1 is 1.42 bits per heavy atom. The van der Waals surface area contributed by atoms with Gasteiger partial charge in [-0.1, -0.05) is 0 Å². The summed E-state index contributed by atoms with van der Waals surface area (Å²) in [6, 6.07) is 5.57. The molecule has 1 N–H and O–H groups in total. The Kier molecular flexibility index (Phi) is 3.15. The van der Waals surface area contributed by atoms with E-state index in [1.54, 1.807) is 0 Å². The van der Waals surface area contributed by atoms with Crippen molar-refractivity contribution in [1.82, 2.24) is 0 Å². The van der Waals surface area contributed by atoms with E-state index in [0.29, 0.717) is 13.2 Å². The number of hydrogen-bond donors (Lipinski definition) is 1. The molecule has 1 aromatic carbocycles. The van der Waals surface area contributed by atoms with Crippen molar-refractivity contribution in [3.8, 4) is 11.5 Å². The average molecular weight is 264 g/mol. The summed E-state index contributed by atoms with van der Waals surface area (Å²) in [7, 11) is 0. The van der Waals surface area contributed by atoms with Gasteiger partial charge in [0.15, 0.2) is 0 Å². The van der Waals surface area contributed by atoms with Crippen LogP contribution in [0.25, 0.3) is 0 Å². The van der Waals surface area contributed by atoms with Gasteiger partial charge in [-0.05, 0) is 38.8 Å². The molecule has 2 heterocycles. The first-order valence-electron chi connectivity index (χ1n) is 6.79. The molecule has 0 aromatic heterocycles. The second-order valence-electron chi connectivity index (χ2n) is 5.88. The third-order valence-electron chi connectivity index (χ3n) is 3.73. The molecule has 1 aromatic rings. The first-order chi connectivity index (χ1) is 9.03. The molecule has 2 unspecified atom stereocenters. The third-order valence-corrected chi connectivity index (χ3v) is 3.73. The first kappa shape index (κ1) is 12.8. The normalized spacial score (nSPS) is 27.9. The van der Waals surface area contributed by atoms with Crippen molar-refractivity contribution in [3.05, 3.63) is 23.8 Å². The number of rotatable bonds is 3. The Bertz CT molecular complexity index is 469. The van der Waals surface area contributed by atoms with Crippen molar-refractivity contribution in [2.75, 3.05) is 13.2 Å². The first-order valence-corrected chi connectivity index (χ1v) is 6.79. The summed E-state index contributed by atoms with van der Waals surface area (Å²) in [5.74, 6) is 1.49. The number of aliphatic hydroxyl groups is 1. The summed E-state index contributed by atoms with van der Waals surface area (Å²) in [5.41, 5.74) is 0.810. The van der Waals surface area contributed by atoms with Crippen LogP contribution in [0.3, 0.4) is 0 Å². The number of fused-ring (bicyclic) bond motifs is 1. The minimum Gasteiger partial charge on any atom is -0.491 e. The summed E-state index contributed by atoms with van der Waals surface area (Å²) in [5, 5.41) is 9.65. The number of aliphatic hydroxyl groups excluding tert-OH is 1. The van der Waals surface area contributed by atoms with Crippen LogP contribution in [0.4, 0.5) is 0 Å². The van der Waals surface area contributed by atoms with Crippen LogP contribution in [0.15, 0.2) is 18.2 Å². The van der Waals surface area contributed by atoms with Crippen LogP contribution < -0.4 is 9.47 Å². The fourth-order valence-electron chi connectivity index (χ4n) is 2.65. The Hall–Kier alpha value is -1.26. The topological polar surface area (TPSA) is 47.9 Å². The highest BCUT2D eigenvalue weighted by molar-refractivity contribution is 5.44. The van der Waals surface area contributed by atoms with Crippen LogP contribution in [0.2, 0.25) is 0 Å². The fraction of sp³-hybridized carbons (Fsp3) is 0.600. The van der Waals surface area contributed by atoms with Gasteiger partial charge in [0.2, 0.25) is 0 Å². The molecule has 4 nitrogen and oxygen atoms in total. The molecule has 0 amide bonds. The number of benzene rings is 1. The minimum atomic E-state index is -0.511. The van der Waals surface area contributed by atoms with Crippen LogP contribution in [0, 0.1) is 0 Å². The van der Waals surface area contributed by atoms with Crippen molar-refractivity contribution in [2.45, 2.75) is 44.5 Å². The van der Waals surface area contributed by atoms with Gasteiger partial charge in [-0.3, -0.25) is 0 Å². The zero-order valence-corrected chi connectivity index (χ0v) is 11.4. The maximum absolute atomic E-state index is 9.65. The lowest BCUT2D eigenvalue weighted by Gasteiger charge is -2.19. The molecule has 2 aliphatic heterocycles. The van der Waals surface area contributed by atoms with Crippen LogP contribution in [-0.2, 0) is 4.74 Å². The number of ether oxygens (including phenoxy) is 3. The second kappa shape index (κ2) is 4.69. The van der Waals surface area contributed by atoms with E-state index in [4.69, 9.17) is 14.2 Å². The average Bonchev–Trinajstić information content (AvgIpc) is 2.90. The third kappa shape index (κ3) is 2.69. The predicted molar refractivity (Wildman–Crippen MR) is 70.6 cm³/mol. The lowest BCUT2D eigenvalue weighted by molar-refractivity contribution is -0.0326. The molecule has 0 saturated carbocycles.